The van der Waals surface area contributed by atoms with Gasteiger partial charge in [-0.1, -0.05) is 6.07 Å². The summed E-state index contributed by atoms with van der Waals surface area (Å²) in [6.45, 7) is 11.2. The van der Waals surface area contributed by atoms with Crippen molar-refractivity contribution in [1.82, 2.24) is 16.2 Å². The molecule has 3 N–H and O–H groups in total. The summed E-state index contributed by atoms with van der Waals surface area (Å²) < 4.78 is 0. The van der Waals surface area contributed by atoms with Crippen LogP contribution in [0.15, 0.2) is 46.7 Å². The van der Waals surface area contributed by atoms with Crippen LogP contribution in [0.25, 0.3) is 0 Å². The maximum Gasteiger partial charge on any atom is 0.282 e. The second-order valence-electron chi connectivity index (χ2n) is 7.94. The van der Waals surface area contributed by atoms with Crippen molar-refractivity contribution < 1.29 is 14.4 Å². The van der Waals surface area contributed by atoms with Crippen LogP contribution in [0.3, 0.4) is 0 Å². The van der Waals surface area contributed by atoms with E-state index in [1.54, 1.807) is 26.0 Å². The normalized spacial score (nSPS) is 15.0. The van der Waals surface area contributed by atoms with Gasteiger partial charge in [-0.15, -0.1) is 11.3 Å². The standard InChI is InChI=1S/C23H27N5O3S/c1-12(2)24-21(29)18-9-10-19(32-18)22(30)26-25-15(5)20-16(6)27-28(23(20)31)17-8-7-13(3)14(4)11-17/h7-12,25H,1-6H3,(H,24,29)(H,26,30). The molecule has 2 aromatic rings. The van der Waals surface area contributed by atoms with Crippen LogP contribution in [-0.2, 0) is 4.79 Å². The highest BCUT2D eigenvalue weighted by Gasteiger charge is 2.31. The van der Waals surface area contributed by atoms with Gasteiger partial charge in [-0.2, -0.15) is 10.1 Å². The van der Waals surface area contributed by atoms with Crippen molar-refractivity contribution in [3.63, 3.8) is 0 Å². The van der Waals surface area contributed by atoms with Crippen molar-refractivity contribution in [3.05, 3.63) is 62.5 Å². The zero-order chi connectivity index (χ0) is 23.6. The number of nitrogens with zero attached hydrogens (tertiary/aromatic N) is 2. The third-order valence-corrected chi connectivity index (χ3v) is 6.05. The molecule has 1 aromatic carbocycles. The van der Waals surface area contributed by atoms with E-state index in [0.29, 0.717) is 32.4 Å². The molecule has 1 aliphatic rings. The van der Waals surface area contributed by atoms with Gasteiger partial charge in [0.2, 0.25) is 0 Å². The predicted octanol–water partition coefficient (Wildman–Crippen LogP) is 3.43. The molecule has 0 unspecified atom stereocenters. The molecule has 0 saturated heterocycles. The van der Waals surface area contributed by atoms with E-state index in [1.165, 1.54) is 5.01 Å². The summed E-state index contributed by atoms with van der Waals surface area (Å²) in [4.78, 5) is 38.4. The number of benzene rings is 1. The third kappa shape index (κ3) is 4.88. The lowest BCUT2D eigenvalue weighted by molar-refractivity contribution is -0.114. The number of hydrazone groups is 1. The number of hydrogen-bond acceptors (Lipinski definition) is 6. The smallest absolute Gasteiger partial charge is 0.282 e. The number of aryl methyl sites for hydroxylation is 2. The molecular formula is C23H27N5O3S. The maximum absolute atomic E-state index is 13.0. The van der Waals surface area contributed by atoms with Crippen LogP contribution < -0.4 is 21.2 Å². The minimum atomic E-state index is -0.399. The molecule has 3 rings (SSSR count). The lowest BCUT2D eigenvalue weighted by atomic mass is 10.1. The van der Waals surface area contributed by atoms with Crippen LogP contribution in [0.4, 0.5) is 5.69 Å². The number of hydrogen-bond donors (Lipinski definition) is 3. The first-order valence-electron chi connectivity index (χ1n) is 10.2. The van der Waals surface area contributed by atoms with E-state index in [1.807, 2.05) is 45.9 Å². The van der Waals surface area contributed by atoms with Gasteiger partial charge in [0.25, 0.3) is 17.7 Å². The van der Waals surface area contributed by atoms with E-state index in [2.05, 4.69) is 21.3 Å². The van der Waals surface area contributed by atoms with Crippen LogP contribution in [0.5, 0.6) is 0 Å². The molecule has 0 saturated carbocycles. The van der Waals surface area contributed by atoms with Crippen molar-refractivity contribution in [1.29, 1.82) is 0 Å². The summed E-state index contributed by atoms with van der Waals surface area (Å²) in [7, 11) is 0. The highest BCUT2D eigenvalue weighted by atomic mass is 32.1. The number of allylic oxidation sites excluding steroid dienone is 1. The van der Waals surface area contributed by atoms with E-state index in [-0.39, 0.29) is 17.9 Å². The fourth-order valence-corrected chi connectivity index (χ4v) is 3.96. The van der Waals surface area contributed by atoms with Crippen LogP contribution in [0.1, 0.15) is 58.2 Å². The van der Waals surface area contributed by atoms with Crippen LogP contribution in [0, 0.1) is 13.8 Å². The lowest BCUT2D eigenvalue weighted by Gasteiger charge is -2.14. The summed E-state index contributed by atoms with van der Waals surface area (Å²) in [6.07, 6.45) is 0. The Morgan fingerprint density at radius 1 is 0.969 bits per heavy atom. The molecule has 1 aliphatic heterocycles. The van der Waals surface area contributed by atoms with E-state index >= 15 is 0 Å². The number of thiophene rings is 1. The van der Waals surface area contributed by atoms with Gasteiger partial charge in [-0.05, 0) is 76.9 Å². The Balaban J connectivity index is 1.69. The Morgan fingerprint density at radius 3 is 2.25 bits per heavy atom. The van der Waals surface area contributed by atoms with Gasteiger partial charge in [0, 0.05) is 11.7 Å². The van der Waals surface area contributed by atoms with Crippen molar-refractivity contribution in [2.24, 2.45) is 5.10 Å². The topological polar surface area (TPSA) is 103 Å². The number of carbonyl (C=O) groups excluding carboxylic acids is 3. The minimum absolute atomic E-state index is 0.00931. The second-order valence-corrected chi connectivity index (χ2v) is 9.03. The zero-order valence-electron chi connectivity index (χ0n) is 19.0. The molecule has 0 aliphatic carbocycles. The van der Waals surface area contributed by atoms with Crippen LogP contribution in [0.2, 0.25) is 0 Å². The van der Waals surface area contributed by atoms with Gasteiger partial charge in [0.05, 0.1) is 26.7 Å². The summed E-state index contributed by atoms with van der Waals surface area (Å²) >= 11 is 1.10. The molecular weight excluding hydrogens is 426 g/mol. The first-order valence-corrected chi connectivity index (χ1v) is 11.1. The van der Waals surface area contributed by atoms with Crippen LogP contribution in [-0.4, -0.2) is 29.5 Å². The first-order chi connectivity index (χ1) is 15.1. The maximum atomic E-state index is 13.0. The van der Waals surface area contributed by atoms with Gasteiger partial charge in [0.1, 0.15) is 0 Å². The number of rotatable bonds is 6. The Morgan fingerprint density at radius 2 is 1.62 bits per heavy atom. The summed E-state index contributed by atoms with van der Waals surface area (Å²) in [5.41, 5.74) is 9.71. The lowest BCUT2D eigenvalue weighted by Crippen LogP contribution is -2.37. The molecule has 3 amide bonds. The number of anilines is 1. The van der Waals surface area contributed by atoms with Crippen molar-refractivity contribution in [2.75, 3.05) is 5.01 Å². The quantitative estimate of drug-likeness (QED) is 0.461. The number of nitrogens with one attached hydrogen (secondary N) is 3. The Kier molecular flexibility index (Phi) is 6.78. The van der Waals surface area contributed by atoms with Gasteiger partial charge < -0.3 is 10.7 Å². The third-order valence-electron chi connectivity index (χ3n) is 4.96. The Bertz CT molecular complexity index is 1150. The molecule has 0 atom stereocenters. The highest BCUT2D eigenvalue weighted by molar-refractivity contribution is 7.15. The monoisotopic (exact) mass is 453 g/mol. The molecule has 0 spiro atoms. The molecule has 0 fully saturated rings. The Labute approximate surface area is 191 Å². The average molecular weight is 454 g/mol. The summed E-state index contributed by atoms with van der Waals surface area (Å²) in [5, 5.41) is 8.55. The predicted molar refractivity (Wildman–Crippen MR) is 127 cm³/mol. The van der Waals surface area contributed by atoms with Crippen LogP contribution >= 0.6 is 11.3 Å². The average Bonchev–Trinajstić information content (AvgIpc) is 3.33. The molecule has 168 valence electrons. The number of hydrazine groups is 1. The van der Waals surface area contributed by atoms with Gasteiger partial charge in [0.15, 0.2) is 0 Å². The second kappa shape index (κ2) is 9.35. The van der Waals surface area contributed by atoms with Gasteiger partial charge >= 0.3 is 0 Å². The Hall–Kier alpha value is -3.46. The molecule has 0 bridgehead atoms. The molecule has 8 nitrogen and oxygen atoms in total. The van der Waals surface area contributed by atoms with E-state index in [4.69, 9.17) is 0 Å². The highest BCUT2D eigenvalue weighted by Crippen LogP contribution is 2.26. The largest absolute Gasteiger partial charge is 0.349 e. The van der Waals surface area contributed by atoms with Crippen molar-refractivity contribution in [2.45, 2.75) is 47.6 Å². The fraction of sp³-hybridized carbons (Fsp3) is 0.304. The fourth-order valence-electron chi connectivity index (χ4n) is 3.16. The number of carbonyl (C=O) groups is 3. The molecule has 32 heavy (non-hydrogen) atoms. The van der Waals surface area contributed by atoms with E-state index in [0.717, 1.165) is 22.5 Å². The zero-order valence-corrected chi connectivity index (χ0v) is 19.8. The summed E-state index contributed by atoms with van der Waals surface area (Å²) in [5.74, 6) is -0.886. The molecule has 1 aromatic heterocycles. The SMILES string of the molecule is CC1=NN(c2ccc(C)c(C)c2)C(=O)C1=C(C)NNC(=O)c1ccc(C(=O)NC(C)C)s1. The van der Waals surface area contributed by atoms with Crippen molar-refractivity contribution >= 4 is 40.5 Å². The molecule has 2 heterocycles. The molecule has 9 heteroatoms. The first kappa shape index (κ1) is 23.2. The van der Waals surface area contributed by atoms with E-state index in [9.17, 15) is 14.4 Å². The minimum Gasteiger partial charge on any atom is -0.349 e. The van der Waals surface area contributed by atoms with Gasteiger partial charge in [-0.25, -0.2) is 0 Å². The molecule has 0 radical (unpaired) electrons. The summed E-state index contributed by atoms with van der Waals surface area (Å²) in [6, 6.07) is 8.94. The number of amides is 3. The van der Waals surface area contributed by atoms with Gasteiger partial charge in [-0.3, -0.25) is 19.8 Å². The van der Waals surface area contributed by atoms with E-state index < -0.39 is 5.91 Å². The van der Waals surface area contributed by atoms with Crippen molar-refractivity contribution in [3.8, 4) is 0 Å².